The van der Waals surface area contributed by atoms with Crippen molar-refractivity contribution < 1.29 is 0 Å². The third kappa shape index (κ3) is 1.42. The molecule has 0 spiro atoms. The summed E-state index contributed by atoms with van der Waals surface area (Å²) in [5.41, 5.74) is 0. The van der Waals surface area contributed by atoms with E-state index >= 15 is 0 Å². The third-order valence-corrected chi connectivity index (χ3v) is 2.80. The van der Waals surface area contributed by atoms with Gasteiger partial charge < -0.3 is 0 Å². The van der Waals surface area contributed by atoms with Gasteiger partial charge in [0.2, 0.25) is 0 Å². The molecule has 1 saturated carbocycles. The first-order valence-corrected chi connectivity index (χ1v) is 4.43. The van der Waals surface area contributed by atoms with Crippen molar-refractivity contribution in [1.29, 1.82) is 0 Å². The van der Waals surface area contributed by atoms with Crippen LogP contribution < -0.4 is 0 Å². The van der Waals surface area contributed by atoms with Gasteiger partial charge in [-0.2, -0.15) is 0 Å². The molecule has 3 unspecified atom stereocenters. The van der Waals surface area contributed by atoms with Gasteiger partial charge >= 0.3 is 0 Å². The van der Waals surface area contributed by atoms with Gasteiger partial charge in [0.05, 0.1) is 0 Å². The summed E-state index contributed by atoms with van der Waals surface area (Å²) in [5.74, 6) is 2.77. The Morgan fingerprint density at radius 1 is 1.50 bits per heavy atom. The lowest BCUT2D eigenvalue weighted by Crippen LogP contribution is -1.79. The summed E-state index contributed by atoms with van der Waals surface area (Å²) in [4.78, 5) is 0. The second-order valence-electron chi connectivity index (χ2n) is 3.48. The van der Waals surface area contributed by atoms with Gasteiger partial charge in [0.15, 0.2) is 0 Å². The summed E-state index contributed by atoms with van der Waals surface area (Å²) in [7, 11) is 0. The zero-order valence-corrected chi connectivity index (χ0v) is 7.14. The largest absolute Gasteiger partial charge is 0.103 e. The molecule has 3 atom stereocenters. The van der Waals surface area contributed by atoms with E-state index in [0.29, 0.717) is 0 Å². The molecule has 58 valence electrons. The van der Waals surface area contributed by atoms with Gasteiger partial charge in [-0.15, -0.1) is 6.58 Å². The van der Waals surface area contributed by atoms with Crippen LogP contribution >= 0.6 is 0 Å². The van der Waals surface area contributed by atoms with Crippen LogP contribution in [-0.2, 0) is 0 Å². The summed E-state index contributed by atoms with van der Waals surface area (Å²) in [6, 6.07) is 0. The van der Waals surface area contributed by atoms with Crippen molar-refractivity contribution in [3.63, 3.8) is 0 Å². The maximum Gasteiger partial charge on any atom is -0.0176 e. The van der Waals surface area contributed by atoms with E-state index in [9.17, 15) is 0 Å². The molecule has 0 aromatic rings. The third-order valence-electron chi connectivity index (χ3n) is 2.80. The van der Waals surface area contributed by atoms with Crippen LogP contribution in [0.15, 0.2) is 12.7 Å². The molecule has 0 aliphatic heterocycles. The van der Waals surface area contributed by atoms with Crippen molar-refractivity contribution in [3.05, 3.63) is 12.7 Å². The maximum absolute atomic E-state index is 3.83. The Labute approximate surface area is 64.3 Å². The second-order valence-corrected chi connectivity index (χ2v) is 3.48. The minimum Gasteiger partial charge on any atom is -0.103 e. The topological polar surface area (TPSA) is 0 Å². The van der Waals surface area contributed by atoms with E-state index in [-0.39, 0.29) is 0 Å². The van der Waals surface area contributed by atoms with E-state index in [4.69, 9.17) is 0 Å². The van der Waals surface area contributed by atoms with Crippen molar-refractivity contribution in [2.45, 2.75) is 33.1 Å². The van der Waals surface area contributed by atoms with Crippen LogP contribution in [0.1, 0.15) is 33.1 Å². The minimum absolute atomic E-state index is 0.853. The van der Waals surface area contributed by atoms with E-state index < -0.39 is 0 Å². The first-order valence-electron chi connectivity index (χ1n) is 4.43. The summed E-state index contributed by atoms with van der Waals surface area (Å²) in [6.07, 6.45) is 6.30. The summed E-state index contributed by atoms with van der Waals surface area (Å²) >= 11 is 0. The highest BCUT2D eigenvalue weighted by Gasteiger charge is 2.42. The first-order chi connectivity index (χ1) is 4.81. The lowest BCUT2D eigenvalue weighted by atomic mass is 10.1. The van der Waals surface area contributed by atoms with Crippen LogP contribution in [0.4, 0.5) is 0 Å². The Morgan fingerprint density at radius 3 is 2.60 bits per heavy atom. The number of allylic oxidation sites excluding steroid dienone is 1. The fourth-order valence-electron chi connectivity index (χ4n) is 1.86. The average molecular weight is 138 g/mol. The van der Waals surface area contributed by atoms with Crippen LogP contribution in [0.3, 0.4) is 0 Å². The van der Waals surface area contributed by atoms with Crippen molar-refractivity contribution in [1.82, 2.24) is 0 Å². The predicted octanol–water partition coefficient (Wildman–Crippen LogP) is 3.24. The molecule has 0 aromatic carbocycles. The quantitative estimate of drug-likeness (QED) is 0.523. The molecule has 0 amide bonds. The average Bonchev–Trinajstić information content (AvgIpc) is 2.56. The number of hydrogen-bond donors (Lipinski definition) is 0. The minimum atomic E-state index is 0.853. The van der Waals surface area contributed by atoms with E-state index in [0.717, 1.165) is 17.8 Å². The standard InChI is InChI=1S/C10H18/c1-4-6-7-10-8(3)9(10)5-2/h5,8-10H,2,4,6-7H2,1,3H3. The van der Waals surface area contributed by atoms with Gasteiger partial charge in [-0.3, -0.25) is 0 Å². The second kappa shape index (κ2) is 3.23. The van der Waals surface area contributed by atoms with Crippen molar-refractivity contribution in [3.8, 4) is 0 Å². The van der Waals surface area contributed by atoms with Crippen LogP contribution in [0.25, 0.3) is 0 Å². The Bertz CT molecular complexity index is 115. The zero-order valence-electron chi connectivity index (χ0n) is 7.14. The Kier molecular flexibility index (Phi) is 2.53. The highest BCUT2D eigenvalue weighted by Crippen LogP contribution is 2.49. The number of hydrogen-bond acceptors (Lipinski definition) is 0. The lowest BCUT2D eigenvalue weighted by molar-refractivity contribution is 0.612. The molecule has 0 aromatic heterocycles. The normalized spacial score (nSPS) is 37.6. The van der Waals surface area contributed by atoms with E-state index in [1.807, 2.05) is 0 Å². The van der Waals surface area contributed by atoms with E-state index in [1.165, 1.54) is 19.3 Å². The highest BCUT2D eigenvalue weighted by molar-refractivity contribution is 5.03. The molecule has 0 bridgehead atoms. The zero-order chi connectivity index (χ0) is 7.56. The van der Waals surface area contributed by atoms with Gasteiger partial charge in [-0.1, -0.05) is 32.8 Å². The number of rotatable bonds is 4. The highest BCUT2D eigenvalue weighted by atomic mass is 14.5. The summed E-state index contributed by atoms with van der Waals surface area (Å²) in [6.45, 7) is 8.43. The molecule has 0 radical (unpaired) electrons. The molecular weight excluding hydrogens is 120 g/mol. The van der Waals surface area contributed by atoms with Gasteiger partial charge in [0.1, 0.15) is 0 Å². The van der Waals surface area contributed by atoms with Gasteiger partial charge in [0, 0.05) is 0 Å². The van der Waals surface area contributed by atoms with Crippen molar-refractivity contribution >= 4 is 0 Å². The molecule has 0 heterocycles. The molecule has 0 N–H and O–H groups in total. The van der Waals surface area contributed by atoms with Gasteiger partial charge in [-0.05, 0) is 24.2 Å². The Hall–Kier alpha value is -0.260. The van der Waals surface area contributed by atoms with Crippen molar-refractivity contribution in [2.75, 3.05) is 0 Å². The fraction of sp³-hybridized carbons (Fsp3) is 0.800. The molecule has 10 heavy (non-hydrogen) atoms. The van der Waals surface area contributed by atoms with Crippen LogP contribution in [0.2, 0.25) is 0 Å². The smallest absolute Gasteiger partial charge is 0.0176 e. The number of unbranched alkanes of at least 4 members (excludes halogenated alkanes) is 1. The molecule has 1 aliphatic rings. The van der Waals surface area contributed by atoms with E-state index in [1.54, 1.807) is 0 Å². The first kappa shape index (κ1) is 7.84. The molecule has 0 nitrogen and oxygen atoms in total. The molecule has 1 rings (SSSR count). The predicted molar refractivity (Wildman–Crippen MR) is 45.9 cm³/mol. The molecule has 1 aliphatic carbocycles. The molecule has 0 saturated heterocycles. The van der Waals surface area contributed by atoms with Crippen LogP contribution in [0.5, 0.6) is 0 Å². The van der Waals surface area contributed by atoms with Crippen LogP contribution in [-0.4, -0.2) is 0 Å². The van der Waals surface area contributed by atoms with E-state index in [2.05, 4.69) is 26.5 Å². The Morgan fingerprint density at radius 2 is 2.20 bits per heavy atom. The van der Waals surface area contributed by atoms with Crippen LogP contribution in [0, 0.1) is 17.8 Å². The SMILES string of the molecule is C=CC1C(C)C1CCCC. The Balaban J connectivity index is 2.14. The monoisotopic (exact) mass is 138 g/mol. The lowest BCUT2D eigenvalue weighted by Gasteiger charge is -1.92. The van der Waals surface area contributed by atoms with Gasteiger partial charge in [-0.25, -0.2) is 0 Å². The molecular formula is C10H18. The molecule has 1 fully saturated rings. The maximum atomic E-state index is 3.83. The van der Waals surface area contributed by atoms with Crippen molar-refractivity contribution in [2.24, 2.45) is 17.8 Å². The summed E-state index contributed by atoms with van der Waals surface area (Å²) in [5, 5.41) is 0. The molecule has 0 heteroatoms. The fourth-order valence-corrected chi connectivity index (χ4v) is 1.86. The van der Waals surface area contributed by atoms with Gasteiger partial charge in [0.25, 0.3) is 0 Å². The summed E-state index contributed by atoms with van der Waals surface area (Å²) < 4.78 is 0.